The van der Waals surface area contributed by atoms with Gasteiger partial charge in [0.15, 0.2) is 5.52 Å². The average Bonchev–Trinajstić information content (AvgIpc) is 2.90. The van der Waals surface area contributed by atoms with E-state index < -0.39 is 0 Å². The van der Waals surface area contributed by atoms with Crippen molar-refractivity contribution < 1.29 is 4.92 Å². The molecule has 1 aliphatic rings. The molecular formula is C14H18N4O2S. The second kappa shape index (κ2) is 5.57. The number of piperidine rings is 1. The van der Waals surface area contributed by atoms with Crippen molar-refractivity contribution >= 4 is 32.9 Å². The van der Waals surface area contributed by atoms with Crippen molar-refractivity contribution in [3.05, 3.63) is 27.8 Å². The van der Waals surface area contributed by atoms with E-state index in [0.29, 0.717) is 23.3 Å². The summed E-state index contributed by atoms with van der Waals surface area (Å²) in [7, 11) is 0. The van der Waals surface area contributed by atoms with Crippen LogP contribution < -0.4 is 5.43 Å². The summed E-state index contributed by atoms with van der Waals surface area (Å²) in [5.74, 6) is 0. The third-order valence-electron chi connectivity index (χ3n) is 4.10. The van der Waals surface area contributed by atoms with Gasteiger partial charge in [0, 0.05) is 12.1 Å². The quantitative estimate of drug-likeness (QED) is 0.690. The highest BCUT2D eigenvalue weighted by molar-refractivity contribution is 7.16. The topological polar surface area (TPSA) is 71.3 Å². The molecule has 0 saturated carbocycles. The number of fused-ring (bicyclic) bond motifs is 1. The van der Waals surface area contributed by atoms with Crippen molar-refractivity contribution in [3.8, 4) is 0 Å². The van der Waals surface area contributed by atoms with Gasteiger partial charge in [0.1, 0.15) is 5.69 Å². The minimum atomic E-state index is -0.344. The summed E-state index contributed by atoms with van der Waals surface area (Å²) in [6.45, 7) is 4.30. The molecule has 2 aromatic rings. The highest BCUT2D eigenvalue weighted by Crippen LogP contribution is 2.35. The van der Waals surface area contributed by atoms with Gasteiger partial charge in [-0.1, -0.05) is 6.42 Å². The van der Waals surface area contributed by atoms with Gasteiger partial charge in [0.2, 0.25) is 0 Å². The van der Waals surface area contributed by atoms with Crippen LogP contribution in [0.1, 0.15) is 33.1 Å². The molecule has 0 radical (unpaired) electrons. The largest absolute Gasteiger partial charge is 0.320 e. The van der Waals surface area contributed by atoms with Crippen molar-refractivity contribution in [2.24, 2.45) is 0 Å². The SMILES string of the molecule is CC1CCCC(C)N1Nc1ccc2scnc2c1[N+](=O)[O-]. The molecule has 0 aliphatic carbocycles. The van der Waals surface area contributed by atoms with Gasteiger partial charge in [0.25, 0.3) is 0 Å². The third kappa shape index (κ3) is 2.58. The summed E-state index contributed by atoms with van der Waals surface area (Å²) in [4.78, 5) is 15.3. The summed E-state index contributed by atoms with van der Waals surface area (Å²) in [5.41, 5.74) is 5.98. The monoisotopic (exact) mass is 306 g/mol. The lowest BCUT2D eigenvalue weighted by Gasteiger charge is -2.39. The van der Waals surface area contributed by atoms with Crippen molar-refractivity contribution in [1.82, 2.24) is 9.99 Å². The van der Waals surface area contributed by atoms with Gasteiger partial charge >= 0.3 is 5.69 Å². The van der Waals surface area contributed by atoms with Gasteiger partial charge in [-0.3, -0.25) is 10.1 Å². The standard InChI is InChI=1S/C14H18N4O2S/c1-9-4-3-5-10(2)17(9)16-11-6-7-12-13(15-8-21-12)14(11)18(19)20/h6-10,16H,3-5H2,1-2H3. The van der Waals surface area contributed by atoms with Crippen LogP contribution in [0, 0.1) is 10.1 Å². The Balaban J connectivity index is 1.99. The third-order valence-corrected chi connectivity index (χ3v) is 4.90. The molecule has 6 nitrogen and oxygen atoms in total. The number of hydrogen-bond acceptors (Lipinski definition) is 6. The van der Waals surface area contributed by atoms with Crippen LogP contribution in [0.25, 0.3) is 10.2 Å². The van der Waals surface area contributed by atoms with E-state index in [-0.39, 0.29) is 10.6 Å². The molecule has 1 aliphatic heterocycles. The number of hydrazine groups is 1. The number of hydrogen-bond donors (Lipinski definition) is 1. The molecule has 1 aromatic carbocycles. The Morgan fingerprint density at radius 1 is 1.38 bits per heavy atom. The van der Waals surface area contributed by atoms with E-state index in [1.165, 1.54) is 17.8 Å². The van der Waals surface area contributed by atoms with Crippen LogP contribution in [0.15, 0.2) is 17.6 Å². The first-order chi connectivity index (χ1) is 10.1. The first-order valence-corrected chi connectivity index (χ1v) is 8.01. The molecule has 3 rings (SSSR count). The number of nitrogens with zero attached hydrogens (tertiary/aromatic N) is 3. The summed E-state index contributed by atoms with van der Waals surface area (Å²) in [6.07, 6.45) is 3.40. The summed E-state index contributed by atoms with van der Waals surface area (Å²) < 4.78 is 0.840. The Kier molecular flexibility index (Phi) is 3.77. The van der Waals surface area contributed by atoms with Crippen molar-refractivity contribution in [2.75, 3.05) is 5.43 Å². The van der Waals surface area contributed by atoms with E-state index in [1.54, 1.807) is 11.6 Å². The van der Waals surface area contributed by atoms with Gasteiger partial charge in [-0.05, 0) is 38.8 Å². The lowest BCUT2D eigenvalue weighted by atomic mass is 10.00. The fourth-order valence-electron chi connectivity index (χ4n) is 2.97. The lowest BCUT2D eigenvalue weighted by molar-refractivity contribution is -0.382. The van der Waals surface area contributed by atoms with E-state index in [0.717, 1.165) is 17.5 Å². The first-order valence-electron chi connectivity index (χ1n) is 7.13. The van der Waals surface area contributed by atoms with Crippen LogP contribution >= 0.6 is 11.3 Å². The Bertz CT molecular complexity index is 662. The Morgan fingerprint density at radius 3 is 2.76 bits per heavy atom. The van der Waals surface area contributed by atoms with Gasteiger partial charge in [0.05, 0.1) is 15.1 Å². The van der Waals surface area contributed by atoms with Crippen LogP contribution in [-0.4, -0.2) is 27.0 Å². The fraction of sp³-hybridized carbons (Fsp3) is 0.500. The van der Waals surface area contributed by atoms with Crippen LogP contribution in [0.2, 0.25) is 0 Å². The molecule has 2 atom stereocenters. The molecule has 1 N–H and O–H groups in total. The number of rotatable bonds is 3. The molecule has 112 valence electrons. The summed E-state index contributed by atoms with van der Waals surface area (Å²) in [5, 5.41) is 13.6. The summed E-state index contributed by atoms with van der Waals surface area (Å²) >= 11 is 1.42. The zero-order valence-corrected chi connectivity index (χ0v) is 12.9. The zero-order chi connectivity index (χ0) is 15.0. The molecule has 0 spiro atoms. The zero-order valence-electron chi connectivity index (χ0n) is 12.1. The average molecular weight is 306 g/mol. The molecular weight excluding hydrogens is 288 g/mol. The van der Waals surface area contributed by atoms with E-state index in [1.807, 2.05) is 6.07 Å². The molecule has 21 heavy (non-hydrogen) atoms. The molecule has 0 amide bonds. The minimum absolute atomic E-state index is 0.0683. The highest BCUT2D eigenvalue weighted by Gasteiger charge is 2.28. The van der Waals surface area contributed by atoms with Gasteiger partial charge in [-0.25, -0.2) is 9.99 Å². The molecule has 0 bridgehead atoms. The molecule has 2 heterocycles. The maximum Gasteiger partial charge on any atom is 0.320 e. The Labute approximate surface area is 126 Å². The molecule has 1 saturated heterocycles. The smallest absolute Gasteiger partial charge is 0.312 e. The predicted molar refractivity (Wildman–Crippen MR) is 84.5 cm³/mol. The van der Waals surface area contributed by atoms with Crippen LogP contribution in [0.3, 0.4) is 0 Å². The van der Waals surface area contributed by atoms with E-state index in [4.69, 9.17) is 0 Å². The molecule has 2 unspecified atom stereocenters. The number of aromatic nitrogens is 1. The number of nitro groups is 1. The van der Waals surface area contributed by atoms with Crippen LogP contribution in [0.4, 0.5) is 11.4 Å². The van der Waals surface area contributed by atoms with Gasteiger partial charge < -0.3 is 5.43 Å². The van der Waals surface area contributed by atoms with Crippen molar-refractivity contribution in [2.45, 2.75) is 45.2 Å². The fourth-order valence-corrected chi connectivity index (χ4v) is 3.65. The van der Waals surface area contributed by atoms with Crippen LogP contribution in [0.5, 0.6) is 0 Å². The maximum absolute atomic E-state index is 11.5. The Hall–Kier alpha value is -1.73. The maximum atomic E-state index is 11.5. The van der Waals surface area contributed by atoms with Gasteiger partial charge in [-0.2, -0.15) is 0 Å². The predicted octanol–water partition coefficient (Wildman–Crippen LogP) is 3.79. The number of nitrogens with one attached hydrogen (secondary N) is 1. The highest BCUT2D eigenvalue weighted by atomic mass is 32.1. The normalized spacial score (nSPS) is 23.3. The van der Waals surface area contributed by atoms with Gasteiger partial charge in [-0.15, -0.1) is 11.3 Å². The van der Waals surface area contributed by atoms with E-state index in [9.17, 15) is 10.1 Å². The second-order valence-electron chi connectivity index (χ2n) is 5.57. The minimum Gasteiger partial charge on any atom is -0.312 e. The molecule has 7 heteroatoms. The summed E-state index contributed by atoms with van der Waals surface area (Å²) in [6, 6.07) is 4.40. The second-order valence-corrected chi connectivity index (χ2v) is 6.45. The molecule has 1 aromatic heterocycles. The lowest BCUT2D eigenvalue weighted by Crippen LogP contribution is -2.47. The number of anilines is 1. The van der Waals surface area contributed by atoms with E-state index >= 15 is 0 Å². The number of benzene rings is 1. The van der Waals surface area contributed by atoms with E-state index in [2.05, 4.69) is 29.3 Å². The molecule has 1 fully saturated rings. The number of nitro benzene ring substituents is 1. The number of thiazole rings is 1. The Morgan fingerprint density at radius 2 is 2.10 bits per heavy atom. The van der Waals surface area contributed by atoms with Crippen molar-refractivity contribution in [1.29, 1.82) is 0 Å². The van der Waals surface area contributed by atoms with Crippen molar-refractivity contribution in [3.63, 3.8) is 0 Å². The van der Waals surface area contributed by atoms with Crippen LogP contribution in [-0.2, 0) is 0 Å². The first kappa shape index (κ1) is 14.2.